The lowest BCUT2D eigenvalue weighted by Gasteiger charge is -2.18. The highest BCUT2D eigenvalue weighted by Gasteiger charge is 2.10. The van der Waals surface area contributed by atoms with Crippen LogP contribution in [0.2, 0.25) is 0 Å². The average molecular weight is 332 g/mol. The van der Waals surface area contributed by atoms with Crippen molar-refractivity contribution in [2.24, 2.45) is 0 Å². The van der Waals surface area contributed by atoms with Crippen LogP contribution < -0.4 is 4.90 Å². The summed E-state index contributed by atoms with van der Waals surface area (Å²) in [5.41, 5.74) is 2.70. The summed E-state index contributed by atoms with van der Waals surface area (Å²) in [6.07, 6.45) is 5.06. The molecule has 0 atom stereocenters. The molecular formula is C20H20N4O. The zero-order valence-electron chi connectivity index (χ0n) is 14.1. The molecule has 0 unspecified atom stereocenters. The first-order chi connectivity index (χ1) is 12.3. The molecule has 2 aromatic carbocycles. The first kappa shape index (κ1) is 16.6. The normalized spacial score (nSPS) is 10.9. The molecule has 0 radical (unpaired) electrons. The summed E-state index contributed by atoms with van der Waals surface area (Å²) in [7, 11) is 0. The Bertz CT molecular complexity index is 840. The molecule has 3 rings (SSSR count). The topological polar surface area (TPSA) is 51.0 Å². The number of aromatic nitrogens is 3. The molecule has 0 saturated heterocycles. The number of hydrogen-bond acceptors (Lipinski definition) is 3. The number of para-hydroxylation sites is 1. The van der Waals surface area contributed by atoms with Gasteiger partial charge in [-0.2, -0.15) is 0 Å². The Morgan fingerprint density at radius 1 is 1.08 bits per heavy atom. The van der Waals surface area contributed by atoms with Crippen molar-refractivity contribution in [2.75, 3.05) is 11.4 Å². The highest BCUT2D eigenvalue weighted by molar-refractivity contribution is 6.03. The van der Waals surface area contributed by atoms with E-state index in [-0.39, 0.29) is 5.91 Å². The van der Waals surface area contributed by atoms with E-state index in [2.05, 4.69) is 10.3 Å². The summed E-state index contributed by atoms with van der Waals surface area (Å²) in [6, 6.07) is 19.7. The second-order valence-corrected chi connectivity index (χ2v) is 5.58. The Hall–Kier alpha value is -3.21. The van der Waals surface area contributed by atoms with Crippen LogP contribution in [0.25, 0.3) is 6.08 Å². The quantitative estimate of drug-likeness (QED) is 0.650. The largest absolute Gasteiger partial charge is 0.309 e. The van der Waals surface area contributed by atoms with E-state index in [9.17, 15) is 4.79 Å². The van der Waals surface area contributed by atoms with Gasteiger partial charge in [-0.25, -0.2) is 4.68 Å². The predicted molar refractivity (Wildman–Crippen MR) is 99.1 cm³/mol. The summed E-state index contributed by atoms with van der Waals surface area (Å²) in [6.45, 7) is 3.21. The van der Waals surface area contributed by atoms with Crippen LogP contribution in [0.5, 0.6) is 0 Å². The Kier molecular flexibility index (Phi) is 5.36. The molecule has 3 aromatic rings. The fourth-order valence-corrected chi connectivity index (χ4v) is 2.56. The third-order valence-corrected chi connectivity index (χ3v) is 3.79. The van der Waals surface area contributed by atoms with E-state index in [0.717, 1.165) is 11.3 Å². The zero-order valence-corrected chi connectivity index (χ0v) is 14.1. The molecule has 0 saturated carbocycles. The molecule has 0 N–H and O–H groups in total. The fraction of sp³-hybridized carbons (Fsp3) is 0.150. The van der Waals surface area contributed by atoms with Crippen LogP contribution in [-0.2, 0) is 11.3 Å². The molecule has 5 heteroatoms. The van der Waals surface area contributed by atoms with Gasteiger partial charge >= 0.3 is 0 Å². The van der Waals surface area contributed by atoms with Gasteiger partial charge in [-0.3, -0.25) is 4.79 Å². The molecule has 1 heterocycles. The van der Waals surface area contributed by atoms with Crippen molar-refractivity contribution in [1.82, 2.24) is 15.0 Å². The van der Waals surface area contributed by atoms with Gasteiger partial charge in [0.1, 0.15) is 5.69 Å². The minimum absolute atomic E-state index is 0.0775. The Morgan fingerprint density at radius 3 is 2.44 bits per heavy atom. The van der Waals surface area contributed by atoms with E-state index < -0.39 is 0 Å². The molecule has 0 spiro atoms. The Labute approximate surface area is 147 Å². The summed E-state index contributed by atoms with van der Waals surface area (Å²) in [5, 5.41) is 8.20. The zero-order chi connectivity index (χ0) is 17.5. The van der Waals surface area contributed by atoms with E-state index in [1.54, 1.807) is 15.7 Å². The number of rotatable bonds is 6. The molecule has 0 bridgehead atoms. The van der Waals surface area contributed by atoms with Gasteiger partial charge in [0.2, 0.25) is 0 Å². The predicted octanol–water partition coefficient (Wildman–Crippen LogP) is 3.39. The number of amides is 1. The van der Waals surface area contributed by atoms with E-state index in [1.165, 1.54) is 6.08 Å². The second-order valence-electron chi connectivity index (χ2n) is 5.58. The molecule has 1 amide bonds. The number of carbonyl (C=O) groups is 1. The molecular weight excluding hydrogens is 312 g/mol. The summed E-state index contributed by atoms with van der Waals surface area (Å²) >= 11 is 0. The van der Waals surface area contributed by atoms with E-state index >= 15 is 0 Å². The Balaban J connectivity index is 1.66. The molecule has 0 fully saturated rings. The third-order valence-electron chi connectivity index (χ3n) is 3.79. The van der Waals surface area contributed by atoms with Crippen molar-refractivity contribution < 1.29 is 4.79 Å². The maximum atomic E-state index is 12.4. The molecule has 0 aliphatic heterocycles. The van der Waals surface area contributed by atoms with Gasteiger partial charge in [0.15, 0.2) is 0 Å². The minimum Gasteiger partial charge on any atom is -0.309 e. The average Bonchev–Trinajstić information content (AvgIpc) is 3.10. The summed E-state index contributed by atoms with van der Waals surface area (Å²) in [5.74, 6) is -0.0775. The van der Waals surface area contributed by atoms with Gasteiger partial charge in [0.25, 0.3) is 5.91 Å². The number of anilines is 1. The number of hydrogen-bond donors (Lipinski definition) is 0. The van der Waals surface area contributed by atoms with E-state index in [0.29, 0.717) is 18.8 Å². The molecule has 25 heavy (non-hydrogen) atoms. The van der Waals surface area contributed by atoms with Crippen molar-refractivity contribution in [3.8, 4) is 0 Å². The van der Waals surface area contributed by atoms with Gasteiger partial charge in [-0.05, 0) is 30.7 Å². The smallest absolute Gasteiger partial charge is 0.251 e. The van der Waals surface area contributed by atoms with Crippen molar-refractivity contribution in [3.05, 3.63) is 84.2 Å². The monoisotopic (exact) mass is 332 g/mol. The van der Waals surface area contributed by atoms with Crippen molar-refractivity contribution in [1.29, 1.82) is 0 Å². The van der Waals surface area contributed by atoms with Crippen LogP contribution >= 0.6 is 0 Å². The summed E-state index contributed by atoms with van der Waals surface area (Å²) < 4.78 is 1.76. The number of nitrogens with zero attached hydrogens (tertiary/aromatic N) is 4. The van der Waals surface area contributed by atoms with Crippen LogP contribution in [-0.4, -0.2) is 27.4 Å². The third kappa shape index (κ3) is 4.41. The maximum Gasteiger partial charge on any atom is 0.251 e. The molecule has 126 valence electrons. The SMILES string of the molecule is CCN(C(=O)/C=C/c1cn(Cc2ccccc2)nn1)c1ccccc1. The van der Waals surface area contributed by atoms with Crippen molar-refractivity contribution >= 4 is 17.7 Å². The van der Waals surface area contributed by atoms with Crippen molar-refractivity contribution in [2.45, 2.75) is 13.5 Å². The number of benzene rings is 2. The highest BCUT2D eigenvalue weighted by Crippen LogP contribution is 2.13. The minimum atomic E-state index is -0.0775. The van der Waals surface area contributed by atoms with Crippen LogP contribution in [0, 0.1) is 0 Å². The van der Waals surface area contributed by atoms with Crippen LogP contribution in [0.15, 0.2) is 72.9 Å². The van der Waals surface area contributed by atoms with Crippen LogP contribution in [0.4, 0.5) is 5.69 Å². The highest BCUT2D eigenvalue weighted by atomic mass is 16.2. The first-order valence-corrected chi connectivity index (χ1v) is 8.25. The van der Waals surface area contributed by atoms with Gasteiger partial charge in [-0.15, -0.1) is 5.10 Å². The maximum absolute atomic E-state index is 12.4. The lowest BCUT2D eigenvalue weighted by Crippen LogP contribution is -2.28. The number of carbonyl (C=O) groups excluding carboxylic acids is 1. The number of likely N-dealkylation sites (N-methyl/N-ethyl adjacent to an activating group) is 1. The second kappa shape index (κ2) is 8.06. The van der Waals surface area contributed by atoms with Crippen molar-refractivity contribution in [3.63, 3.8) is 0 Å². The van der Waals surface area contributed by atoms with Gasteiger partial charge in [0, 0.05) is 18.3 Å². The van der Waals surface area contributed by atoms with Crippen LogP contribution in [0.1, 0.15) is 18.2 Å². The molecule has 0 aliphatic carbocycles. The standard InChI is InChI=1S/C20H20N4O/c1-2-24(19-11-7-4-8-12-19)20(25)14-13-18-16-23(22-21-18)15-17-9-5-3-6-10-17/h3-14,16H,2,15H2,1H3/b14-13+. The molecule has 0 aliphatic rings. The van der Waals surface area contributed by atoms with Gasteiger partial charge < -0.3 is 4.90 Å². The molecule has 1 aromatic heterocycles. The summed E-state index contributed by atoms with van der Waals surface area (Å²) in [4.78, 5) is 14.1. The first-order valence-electron chi connectivity index (χ1n) is 8.25. The Morgan fingerprint density at radius 2 is 1.76 bits per heavy atom. The lowest BCUT2D eigenvalue weighted by atomic mass is 10.2. The fourth-order valence-electron chi connectivity index (χ4n) is 2.56. The molecule has 5 nitrogen and oxygen atoms in total. The lowest BCUT2D eigenvalue weighted by molar-refractivity contribution is -0.114. The van der Waals surface area contributed by atoms with Crippen LogP contribution in [0.3, 0.4) is 0 Å². The van der Waals surface area contributed by atoms with Gasteiger partial charge in [-0.1, -0.05) is 53.7 Å². The van der Waals surface area contributed by atoms with E-state index in [1.807, 2.05) is 73.8 Å². The van der Waals surface area contributed by atoms with Gasteiger partial charge in [0.05, 0.1) is 12.7 Å². The van der Waals surface area contributed by atoms with E-state index in [4.69, 9.17) is 0 Å².